The highest BCUT2D eigenvalue weighted by Gasteiger charge is 2.33. The molecule has 11 aromatic rings. The van der Waals surface area contributed by atoms with E-state index in [0.717, 1.165) is 67.2 Å². The monoisotopic (exact) mass is 960 g/mol. The molecule has 9 aromatic carbocycles. The van der Waals surface area contributed by atoms with Crippen molar-refractivity contribution in [3.63, 3.8) is 0 Å². The van der Waals surface area contributed by atoms with E-state index in [2.05, 4.69) is 281 Å². The summed E-state index contributed by atoms with van der Waals surface area (Å²) in [5.41, 5.74) is 19.8. The number of fused-ring (bicyclic) bond motifs is 4. The lowest BCUT2D eigenvalue weighted by Crippen LogP contribution is -2.25. The number of rotatable bonds is 9. The molecule has 0 unspecified atom stereocenters. The highest BCUT2D eigenvalue weighted by Crippen LogP contribution is 2.51. The zero-order valence-electron chi connectivity index (χ0n) is 43.3. The summed E-state index contributed by atoms with van der Waals surface area (Å²) in [4.78, 5) is 10.1. The number of hydrogen-bond donors (Lipinski definition) is 0. The number of aromatic nitrogens is 2. The van der Waals surface area contributed by atoms with Gasteiger partial charge in [-0.2, -0.15) is 0 Å². The number of pyridine rings is 1. The third kappa shape index (κ3) is 8.68. The summed E-state index contributed by atoms with van der Waals surface area (Å²) in [6.45, 7) is 16.7. The molecule has 12 rings (SSSR count). The molecule has 3 heterocycles. The normalized spacial score (nSPS) is 12.7. The summed E-state index contributed by atoms with van der Waals surface area (Å²) >= 11 is 0. The molecule has 0 spiro atoms. The summed E-state index contributed by atoms with van der Waals surface area (Å²) in [6, 6.07) is 78.6. The topological polar surface area (TPSA) is 33.5 Å². The van der Waals surface area contributed by atoms with Crippen LogP contribution in [0.5, 0.6) is 11.5 Å². The van der Waals surface area contributed by atoms with Gasteiger partial charge in [-0.3, -0.25) is 4.57 Å². The van der Waals surface area contributed by atoms with Gasteiger partial charge < -0.3 is 14.5 Å². The van der Waals surface area contributed by atoms with E-state index in [9.17, 15) is 0 Å². The van der Waals surface area contributed by atoms with Crippen LogP contribution in [-0.2, 0) is 10.8 Å². The Morgan fingerprint density at radius 2 is 1.00 bits per heavy atom. The number of nitrogens with zero attached hydrogens (tertiary/aromatic N) is 4. The summed E-state index contributed by atoms with van der Waals surface area (Å²) in [6.07, 6.45) is 2.02. The lowest BCUT2D eigenvalue weighted by atomic mass is 9.80. The lowest BCUT2D eigenvalue weighted by Gasteiger charge is -2.30. The molecule has 0 amide bonds. The van der Waals surface area contributed by atoms with Gasteiger partial charge in [0.1, 0.15) is 24.0 Å². The minimum absolute atomic E-state index is 0.0258. The molecule has 5 heteroatoms. The average Bonchev–Trinajstić information content (AvgIpc) is 3.97. The maximum atomic E-state index is 6.93. The van der Waals surface area contributed by atoms with Crippen LogP contribution < -0.4 is 14.5 Å². The van der Waals surface area contributed by atoms with Gasteiger partial charge in [0.15, 0.2) is 0 Å². The molecule has 0 fully saturated rings. The van der Waals surface area contributed by atoms with Gasteiger partial charge in [0.25, 0.3) is 0 Å². The molecule has 74 heavy (non-hydrogen) atoms. The van der Waals surface area contributed by atoms with Crippen molar-refractivity contribution in [3.05, 3.63) is 241 Å². The second-order valence-corrected chi connectivity index (χ2v) is 21.8. The molecular formula is C69H60N4O. The third-order valence-corrected chi connectivity index (χ3v) is 14.7. The zero-order chi connectivity index (χ0) is 50.7. The smallest absolute Gasteiger partial charge is 0.137 e. The molecule has 0 radical (unpaired) electrons. The summed E-state index contributed by atoms with van der Waals surface area (Å²) in [7, 11) is 0. The van der Waals surface area contributed by atoms with Gasteiger partial charge in [0.2, 0.25) is 0 Å². The predicted molar refractivity (Wildman–Crippen MR) is 311 cm³/mol. The molecule has 0 atom stereocenters. The summed E-state index contributed by atoms with van der Waals surface area (Å²) in [5.74, 6) is 2.36. The van der Waals surface area contributed by atoms with E-state index in [-0.39, 0.29) is 10.8 Å². The molecule has 0 saturated carbocycles. The van der Waals surface area contributed by atoms with E-state index in [0.29, 0.717) is 6.67 Å². The van der Waals surface area contributed by atoms with Crippen LogP contribution in [0.25, 0.3) is 72.1 Å². The molecule has 0 N–H and O–H groups in total. The predicted octanol–water partition coefficient (Wildman–Crippen LogP) is 18.8. The Hall–Kier alpha value is -8.67. The van der Waals surface area contributed by atoms with E-state index in [1.165, 1.54) is 55.9 Å². The van der Waals surface area contributed by atoms with Crippen LogP contribution in [0.3, 0.4) is 0 Å². The first-order valence-corrected chi connectivity index (χ1v) is 25.8. The van der Waals surface area contributed by atoms with Crippen LogP contribution in [0.2, 0.25) is 0 Å². The third-order valence-electron chi connectivity index (χ3n) is 14.7. The first-order chi connectivity index (χ1) is 35.8. The van der Waals surface area contributed by atoms with E-state index < -0.39 is 0 Å². The fourth-order valence-corrected chi connectivity index (χ4v) is 10.6. The van der Waals surface area contributed by atoms with E-state index in [1.807, 2.05) is 6.20 Å². The highest BCUT2D eigenvalue weighted by atomic mass is 16.5. The van der Waals surface area contributed by atoms with Crippen molar-refractivity contribution >= 4 is 44.6 Å². The number of para-hydroxylation sites is 1. The molecule has 362 valence electrons. The number of ether oxygens (including phenoxy) is 1. The van der Waals surface area contributed by atoms with Crippen molar-refractivity contribution in [2.24, 2.45) is 0 Å². The second kappa shape index (κ2) is 18.4. The number of anilines is 4. The largest absolute Gasteiger partial charge is 0.457 e. The van der Waals surface area contributed by atoms with Crippen molar-refractivity contribution in [3.8, 4) is 61.8 Å². The van der Waals surface area contributed by atoms with Crippen LogP contribution in [0.15, 0.2) is 225 Å². The van der Waals surface area contributed by atoms with Gasteiger partial charge in [-0.05, 0) is 128 Å². The van der Waals surface area contributed by atoms with Crippen molar-refractivity contribution in [2.45, 2.75) is 59.3 Å². The van der Waals surface area contributed by atoms with Crippen molar-refractivity contribution in [1.29, 1.82) is 0 Å². The summed E-state index contributed by atoms with van der Waals surface area (Å²) < 4.78 is 9.22. The van der Waals surface area contributed by atoms with Crippen LogP contribution in [0.4, 0.5) is 22.7 Å². The van der Waals surface area contributed by atoms with Crippen LogP contribution >= 0.6 is 0 Å². The van der Waals surface area contributed by atoms with Gasteiger partial charge in [-0.25, -0.2) is 4.98 Å². The Labute approximate surface area is 435 Å². The first kappa shape index (κ1) is 46.4. The minimum atomic E-state index is -0.0258. The van der Waals surface area contributed by atoms with Crippen LogP contribution in [0.1, 0.15) is 58.2 Å². The average molecular weight is 961 g/mol. The standard InChI is InChI=1S/C69H60N4O/c1-46-37-66(70-44-62(46)51-31-29-49(30-32-51)47-19-11-8-12-20-47)73-63-36-33-52(48-21-13-9-14-22-48)38-61(63)60-35-34-58(43-65(60)73)74-57-26-17-25-55(42-57)71-45-72(56-40-53(68(2,3)4)39-54(41-56)69(5,6)7)67-59(27-18-28-64(67)71)50-23-15-10-16-24-50/h8-44H,45H2,1-7H3. The Bertz CT molecular complexity index is 3830. The molecule has 2 aromatic heterocycles. The van der Waals surface area contributed by atoms with Crippen molar-refractivity contribution in [1.82, 2.24) is 9.55 Å². The highest BCUT2D eigenvalue weighted by molar-refractivity contribution is 6.11. The maximum absolute atomic E-state index is 6.93. The van der Waals surface area contributed by atoms with E-state index >= 15 is 0 Å². The molecule has 1 aliphatic rings. The van der Waals surface area contributed by atoms with Crippen LogP contribution in [0, 0.1) is 6.92 Å². The van der Waals surface area contributed by atoms with Crippen LogP contribution in [-0.4, -0.2) is 16.2 Å². The second-order valence-electron chi connectivity index (χ2n) is 21.8. The van der Waals surface area contributed by atoms with E-state index in [4.69, 9.17) is 9.72 Å². The Balaban J connectivity index is 0.928. The molecule has 0 aliphatic carbocycles. The fraction of sp³-hybridized carbons (Fsp3) is 0.145. The quantitative estimate of drug-likeness (QED) is 0.144. The maximum Gasteiger partial charge on any atom is 0.137 e. The SMILES string of the molecule is Cc1cc(-n2c3ccc(-c4ccccc4)cc3c3ccc(Oc4cccc(N5CN(c6cc(C(C)(C)C)cc(C(C)(C)C)c6)c6c(-c7ccccc7)cccc65)c4)cc32)ncc1-c1ccc(-c2ccccc2)cc1. The van der Waals surface area contributed by atoms with E-state index in [1.54, 1.807) is 0 Å². The fourth-order valence-electron chi connectivity index (χ4n) is 10.6. The van der Waals surface area contributed by atoms with Gasteiger partial charge in [-0.1, -0.05) is 187 Å². The van der Waals surface area contributed by atoms with Gasteiger partial charge in [0.05, 0.1) is 22.4 Å². The number of benzene rings is 9. The van der Waals surface area contributed by atoms with Crippen molar-refractivity contribution < 1.29 is 4.74 Å². The van der Waals surface area contributed by atoms with Gasteiger partial charge >= 0.3 is 0 Å². The number of aryl methyl sites for hydroxylation is 1. The summed E-state index contributed by atoms with van der Waals surface area (Å²) in [5, 5.41) is 2.29. The first-order valence-electron chi connectivity index (χ1n) is 25.8. The Morgan fingerprint density at radius 3 is 1.66 bits per heavy atom. The molecule has 1 aliphatic heterocycles. The Kier molecular flexibility index (Phi) is 11.6. The molecule has 0 bridgehead atoms. The molecule has 0 saturated heterocycles. The van der Waals surface area contributed by atoms with Gasteiger partial charge in [0, 0.05) is 51.6 Å². The van der Waals surface area contributed by atoms with Gasteiger partial charge in [-0.15, -0.1) is 0 Å². The lowest BCUT2D eigenvalue weighted by molar-refractivity contribution is 0.483. The molecular weight excluding hydrogens is 901 g/mol. The zero-order valence-corrected chi connectivity index (χ0v) is 43.3. The van der Waals surface area contributed by atoms with Crippen molar-refractivity contribution in [2.75, 3.05) is 16.5 Å². The number of hydrogen-bond acceptors (Lipinski definition) is 4. The minimum Gasteiger partial charge on any atom is -0.457 e. The molecule has 5 nitrogen and oxygen atoms in total. The Morgan fingerprint density at radius 1 is 0.419 bits per heavy atom.